The van der Waals surface area contributed by atoms with E-state index in [0.717, 1.165) is 29.5 Å². The fourth-order valence-electron chi connectivity index (χ4n) is 1.87. The zero-order valence-corrected chi connectivity index (χ0v) is 17.3. The van der Waals surface area contributed by atoms with Crippen LogP contribution in [0, 0.1) is 0 Å². The highest BCUT2D eigenvalue weighted by Gasteiger charge is 2.07. The maximum atomic E-state index is 5.50. The van der Waals surface area contributed by atoms with Crippen molar-refractivity contribution in [2.24, 2.45) is 4.99 Å². The van der Waals surface area contributed by atoms with Gasteiger partial charge in [-0.2, -0.15) is 11.8 Å². The molecule has 0 unspecified atom stereocenters. The van der Waals surface area contributed by atoms with Gasteiger partial charge >= 0.3 is 0 Å². The van der Waals surface area contributed by atoms with Gasteiger partial charge in [-0.15, -0.1) is 35.3 Å². The first kappa shape index (κ1) is 20.3. The first-order valence-corrected chi connectivity index (χ1v) is 9.52. The molecule has 0 fully saturated rings. The minimum atomic E-state index is 0. The summed E-state index contributed by atoms with van der Waals surface area (Å²) < 4.78 is 5.50. The smallest absolute Gasteiger partial charge is 0.236 e. The quantitative estimate of drug-likeness (QED) is 0.268. The second-order valence-electron chi connectivity index (χ2n) is 4.67. The molecule has 0 saturated heterocycles. The van der Waals surface area contributed by atoms with Gasteiger partial charge in [-0.05, 0) is 36.3 Å². The number of rotatable bonds is 8. The van der Waals surface area contributed by atoms with Crippen LogP contribution in [-0.4, -0.2) is 36.5 Å². The molecule has 128 valence electrons. The molecule has 8 heteroatoms. The van der Waals surface area contributed by atoms with Crippen LogP contribution in [0.15, 0.2) is 33.2 Å². The van der Waals surface area contributed by atoms with Gasteiger partial charge in [-0.3, -0.25) is 4.99 Å². The van der Waals surface area contributed by atoms with E-state index in [9.17, 15) is 0 Å². The van der Waals surface area contributed by atoms with Crippen LogP contribution in [0.2, 0.25) is 0 Å². The fraction of sp³-hybridized carbons (Fsp3) is 0.467. The number of thioether (sulfide) groups is 1. The molecule has 0 atom stereocenters. The number of nitrogens with zero attached hydrogens (tertiary/aromatic N) is 2. The molecule has 5 nitrogen and oxygen atoms in total. The number of guanidine groups is 1. The summed E-state index contributed by atoms with van der Waals surface area (Å²) in [6.45, 7) is 1.53. The highest BCUT2D eigenvalue weighted by atomic mass is 127. The van der Waals surface area contributed by atoms with Crippen LogP contribution in [0.1, 0.15) is 18.5 Å². The van der Waals surface area contributed by atoms with Crippen molar-refractivity contribution in [1.29, 1.82) is 0 Å². The van der Waals surface area contributed by atoms with Crippen molar-refractivity contribution in [3.8, 4) is 10.8 Å². The van der Waals surface area contributed by atoms with Crippen molar-refractivity contribution in [2.45, 2.75) is 19.4 Å². The second kappa shape index (κ2) is 11.7. The monoisotopic (exact) mass is 466 g/mol. The summed E-state index contributed by atoms with van der Waals surface area (Å²) in [5, 5.41) is 8.57. The maximum Gasteiger partial charge on any atom is 0.236 e. The Hall–Kier alpha value is -0.740. The van der Waals surface area contributed by atoms with Crippen LogP contribution in [0.3, 0.4) is 0 Å². The van der Waals surface area contributed by atoms with E-state index in [0.29, 0.717) is 12.4 Å². The Morgan fingerprint density at radius 2 is 2.26 bits per heavy atom. The van der Waals surface area contributed by atoms with E-state index in [1.54, 1.807) is 24.6 Å². The number of nitrogens with one attached hydrogen (secondary N) is 2. The predicted molar refractivity (Wildman–Crippen MR) is 111 cm³/mol. The minimum Gasteiger partial charge on any atom is -0.443 e. The van der Waals surface area contributed by atoms with E-state index in [1.807, 2.05) is 29.3 Å². The van der Waals surface area contributed by atoms with E-state index in [4.69, 9.17) is 4.42 Å². The molecule has 2 rings (SSSR count). The lowest BCUT2D eigenvalue weighted by Gasteiger charge is -2.10. The molecule has 0 amide bonds. The molecule has 0 saturated carbocycles. The molecule has 0 aromatic carbocycles. The van der Waals surface area contributed by atoms with E-state index >= 15 is 0 Å². The van der Waals surface area contributed by atoms with Gasteiger partial charge in [0.25, 0.3) is 0 Å². The average Bonchev–Trinajstić information content (AvgIpc) is 3.20. The van der Waals surface area contributed by atoms with Crippen molar-refractivity contribution >= 4 is 53.0 Å². The van der Waals surface area contributed by atoms with Gasteiger partial charge < -0.3 is 15.1 Å². The number of hydrogen-bond donors (Lipinski definition) is 2. The van der Waals surface area contributed by atoms with Gasteiger partial charge in [0.1, 0.15) is 6.26 Å². The van der Waals surface area contributed by atoms with Crippen LogP contribution in [0.4, 0.5) is 0 Å². The molecule has 23 heavy (non-hydrogen) atoms. The lowest BCUT2D eigenvalue weighted by Crippen LogP contribution is -2.37. The molecular formula is C15H23IN4OS2. The first-order valence-electron chi connectivity index (χ1n) is 7.25. The third-order valence-electron chi connectivity index (χ3n) is 3.01. The second-order valence-corrected chi connectivity index (χ2v) is 6.61. The molecule has 0 bridgehead atoms. The van der Waals surface area contributed by atoms with Gasteiger partial charge in [0.2, 0.25) is 5.89 Å². The summed E-state index contributed by atoms with van der Waals surface area (Å²) >= 11 is 3.50. The Bertz CT molecular complexity index is 572. The topological polar surface area (TPSA) is 62.5 Å². The molecular weight excluding hydrogens is 443 g/mol. The molecule has 0 aliphatic rings. The van der Waals surface area contributed by atoms with Crippen LogP contribution in [-0.2, 0) is 6.54 Å². The van der Waals surface area contributed by atoms with Crippen LogP contribution in [0.5, 0.6) is 0 Å². The van der Waals surface area contributed by atoms with Crippen molar-refractivity contribution in [3.05, 3.63) is 29.5 Å². The van der Waals surface area contributed by atoms with E-state index in [1.165, 1.54) is 12.2 Å². The number of halogens is 1. The van der Waals surface area contributed by atoms with Gasteiger partial charge in [-0.1, -0.05) is 6.07 Å². The van der Waals surface area contributed by atoms with Crippen LogP contribution in [0.25, 0.3) is 10.8 Å². The molecule has 0 aliphatic carbocycles. The van der Waals surface area contributed by atoms with Crippen LogP contribution < -0.4 is 10.6 Å². The van der Waals surface area contributed by atoms with Crippen molar-refractivity contribution in [1.82, 2.24) is 15.6 Å². The molecule has 0 radical (unpaired) electrons. The van der Waals surface area contributed by atoms with Crippen LogP contribution >= 0.6 is 47.1 Å². The molecule has 2 N–H and O–H groups in total. The molecule has 2 heterocycles. The Kier molecular flexibility index (Phi) is 10.4. The highest BCUT2D eigenvalue weighted by Crippen LogP contribution is 2.23. The standard InChI is InChI=1S/C15H22N4OS2.HI/c1-16-15(17-7-3-4-8-21-2)18-10-12-11-20-14(19-12)13-6-5-9-22-13;/h5-6,9,11H,3-4,7-8,10H2,1-2H3,(H2,16,17,18);1H. The van der Waals surface area contributed by atoms with Gasteiger partial charge in [0.15, 0.2) is 5.96 Å². The summed E-state index contributed by atoms with van der Waals surface area (Å²) in [5.41, 5.74) is 0.869. The fourth-order valence-corrected chi connectivity index (χ4v) is 3.02. The van der Waals surface area contributed by atoms with E-state index in [-0.39, 0.29) is 24.0 Å². The Labute approximate surface area is 162 Å². The molecule has 0 spiro atoms. The van der Waals surface area contributed by atoms with Gasteiger partial charge in [-0.25, -0.2) is 4.98 Å². The summed E-state index contributed by atoms with van der Waals surface area (Å²) in [6, 6.07) is 3.99. The Morgan fingerprint density at radius 3 is 2.96 bits per heavy atom. The summed E-state index contributed by atoms with van der Waals surface area (Å²) in [7, 11) is 1.77. The molecule has 0 aliphatic heterocycles. The van der Waals surface area contributed by atoms with Gasteiger partial charge in [0, 0.05) is 13.6 Å². The summed E-state index contributed by atoms with van der Waals surface area (Å²) in [6.07, 6.45) is 6.19. The van der Waals surface area contributed by atoms with E-state index in [2.05, 4.69) is 26.9 Å². The SMILES string of the molecule is CN=C(NCCCCSC)NCc1coc(-c2cccs2)n1.I. The third-order valence-corrected chi connectivity index (χ3v) is 4.57. The van der Waals surface area contributed by atoms with Crippen molar-refractivity contribution in [3.63, 3.8) is 0 Å². The zero-order valence-electron chi connectivity index (χ0n) is 13.4. The lowest BCUT2D eigenvalue weighted by atomic mass is 10.3. The average molecular weight is 466 g/mol. The molecule has 2 aromatic rings. The Morgan fingerprint density at radius 1 is 1.39 bits per heavy atom. The number of thiophene rings is 1. The number of aromatic nitrogens is 1. The highest BCUT2D eigenvalue weighted by molar-refractivity contribution is 14.0. The Balaban J connectivity index is 0.00000264. The number of aliphatic imine (C=N–C) groups is 1. The van der Waals surface area contributed by atoms with Gasteiger partial charge in [0.05, 0.1) is 17.1 Å². The predicted octanol–water partition coefficient (Wildman–Crippen LogP) is 3.83. The van der Waals surface area contributed by atoms with Crippen molar-refractivity contribution in [2.75, 3.05) is 25.6 Å². The number of unbranched alkanes of at least 4 members (excludes halogenated alkanes) is 1. The van der Waals surface area contributed by atoms with E-state index < -0.39 is 0 Å². The number of hydrogen-bond acceptors (Lipinski definition) is 5. The normalized spacial score (nSPS) is 11.1. The maximum absolute atomic E-state index is 5.50. The number of oxazole rings is 1. The first-order chi connectivity index (χ1) is 10.8. The summed E-state index contributed by atoms with van der Waals surface area (Å²) in [5.74, 6) is 2.68. The molecule has 2 aromatic heterocycles. The van der Waals surface area contributed by atoms with Crippen molar-refractivity contribution < 1.29 is 4.42 Å². The summed E-state index contributed by atoms with van der Waals surface area (Å²) in [4.78, 5) is 9.73. The zero-order chi connectivity index (χ0) is 15.6. The lowest BCUT2D eigenvalue weighted by molar-refractivity contribution is 0.573. The largest absolute Gasteiger partial charge is 0.443 e. The minimum absolute atomic E-state index is 0. The third kappa shape index (κ3) is 7.13.